The Kier molecular flexibility index (Phi) is 4.12. The number of rotatable bonds is 4. The lowest BCUT2D eigenvalue weighted by atomic mass is 10.2. The molecule has 2 N–H and O–H groups in total. The molecule has 0 saturated heterocycles. The molecule has 0 aliphatic heterocycles. The van der Waals surface area contributed by atoms with Gasteiger partial charge in [0.2, 0.25) is 5.91 Å². The third-order valence-corrected chi connectivity index (χ3v) is 2.76. The van der Waals surface area contributed by atoms with Crippen molar-refractivity contribution in [3.05, 3.63) is 35.5 Å². The molecule has 18 heavy (non-hydrogen) atoms. The third-order valence-electron chi connectivity index (χ3n) is 2.55. The lowest BCUT2D eigenvalue weighted by molar-refractivity contribution is -0.116. The van der Waals surface area contributed by atoms with Gasteiger partial charge in [0.05, 0.1) is 11.2 Å². The summed E-state index contributed by atoms with van der Waals surface area (Å²) < 4.78 is 0. The molecule has 2 rings (SSSR count). The van der Waals surface area contributed by atoms with Crippen LogP contribution in [0.4, 0.5) is 5.69 Å². The van der Waals surface area contributed by atoms with Gasteiger partial charge in [-0.2, -0.15) is 0 Å². The van der Waals surface area contributed by atoms with E-state index in [-0.39, 0.29) is 5.91 Å². The maximum atomic E-state index is 11.7. The molecule has 0 aliphatic carbocycles. The van der Waals surface area contributed by atoms with E-state index in [1.54, 1.807) is 12.3 Å². The Morgan fingerprint density at radius 3 is 3.06 bits per heavy atom. The molecule has 0 radical (unpaired) electrons. The van der Waals surface area contributed by atoms with Crippen molar-refractivity contribution in [2.24, 2.45) is 0 Å². The first-order chi connectivity index (χ1) is 8.70. The second kappa shape index (κ2) is 5.80. The van der Waals surface area contributed by atoms with Crippen molar-refractivity contribution < 1.29 is 4.79 Å². The summed E-state index contributed by atoms with van der Waals surface area (Å²) >= 11 is 6.02. The van der Waals surface area contributed by atoms with Crippen molar-refractivity contribution >= 4 is 34.1 Å². The van der Waals surface area contributed by atoms with Gasteiger partial charge in [0.15, 0.2) is 0 Å². The number of benzene rings is 1. The summed E-state index contributed by atoms with van der Waals surface area (Å²) in [7, 11) is 1.81. The molecule has 0 fully saturated rings. The second-order valence-corrected chi connectivity index (χ2v) is 4.37. The Morgan fingerprint density at radius 2 is 2.28 bits per heavy atom. The summed E-state index contributed by atoms with van der Waals surface area (Å²) in [5.74, 6) is -0.0569. The van der Waals surface area contributed by atoms with E-state index in [4.69, 9.17) is 11.6 Å². The molecule has 2 aromatic rings. The molecule has 4 nitrogen and oxygen atoms in total. The zero-order valence-corrected chi connectivity index (χ0v) is 10.8. The minimum absolute atomic E-state index is 0.0569. The molecule has 94 valence electrons. The second-order valence-electron chi connectivity index (χ2n) is 3.93. The number of carbonyl (C=O) groups is 1. The number of fused-ring (bicyclic) bond motifs is 1. The van der Waals surface area contributed by atoms with E-state index in [1.165, 1.54) is 0 Å². The Balaban J connectivity index is 2.29. The van der Waals surface area contributed by atoms with Crippen LogP contribution in [0, 0.1) is 0 Å². The summed E-state index contributed by atoms with van der Waals surface area (Å²) in [6, 6.07) is 7.30. The summed E-state index contributed by atoms with van der Waals surface area (Å²) in [6.45, 7) is 0.637. The van der Waals surface area contributed by atoms with Crippen molar-refractivity contribution in [3.8, 4) is 0 Å². The predicted octanol–water partition coefficient (Wildman–Crippen LogP) is 2.44. The van der Waals surface area contributed by atoms with E-state index in [0.717, 1.165) is 10.9 Å². The average molecular weight is 264 g/mol. The van der Waals surface area contributed by atoms with Gasteiger partial charge in [0, 0.05) is 29.6 Å². The molecule has 1 amide bonds. The Labute approximate surface area is 110 Å². The lowest BCUT2D eigenvalue weighted by Gasteiger charge is -2.08. The molecule has 0 spiro atoms. The molecule has 0 aliphatic rings. The largest absolute Gasteiger partial charge is 0.324 e. The topological polar surface area (TPSA) is 54.0 Å². The minimum Gasteiger partial charge on any atom is -0.324 e. The highest BCUT2D eigenvalue weighted by atomic mass is 35.5. The van der Waals surface area contributed by atoms with Gasteiger partial charge in [-0.25, -0.2) is 0 Å². The van der Waals surface area contributed by atoms with Crippen LogP contribution in [-0.2, 0) is 4.79 Å². The van der Waals surface area contributed by atoms with Crippen LogP contribution < -0.4 is 10.6 Å². The maximum absolute atomic E-state index is 11.7. The van der Waals surface area contributed by atoms with Gasteiger partial charge in [0.25, 0.3) is 0 Å². The van der Waals surface area contributed by atoms with Gasteiger partial charge in [0.1, 0.15) is 0 Å². The lowest BCUT2D eigenvalue weighted by Crippen LogP contribution is -2.18. The number of hydrogen-bond donors (Lipinski definition) is 2. The van der Waals surface area contributed by atoms with Crippen molar-refractivity contribution in [3.63, 3.8) is 0 Å². The molecule has 0 unspecified atom stereocenters. The van der Waals surface area contributed by atoms with Crippen LogP contribution in [-0.4, -0.2) is 24.5 Å². The zero-order valence-electron chi connectivity index (χ0n) is 10.0. The van der Waals surface area contributed by atoms with E-state index in [1.807, 2.05) is 25.2 Å². The van der Waals surface area contributed by atoms with Gasteiger partial charge >= 0.3 is 0 Å². The van der Waals surface area contributed by atoms with Crippen LogP contribution in [0.1, 0.15) is 6.42 Å². The molecular formula is C13H14ClN3O. The van der Waals surface area contributed by atoms with E-state index in [2.05, 4.69) is 15.6 Å². The summed E-state index contributed by atoms with van der Waals surface area (Å²) in [5.41, 5.74) is 1.40. The highest BCUT2D eigenvalue weighted by Gasteiger charge is 2.07. The van der Waals surface area contributed by atoms with Crippen molar-refractivity contribution in [1.82, 2.24) is 10.3 Å². The SMILES string of the molecule is CNCCC(=O)Nc1cc(Cl)cc2cccnc12. The Hall–Kier alpha value is -1.65. The fourth-order valence-corrected chi connectivity index (χ4v) is 1.93. The van der Waals surface area contributed by atoms with Crippen LogP contribution in [0.2, 0.25) is 5.02 Å². The quantitative estimate of drug-likeness (QED) is 0.891. The number of pyridine rings is 1. The van der Waals surface area contributed by atoms with E-state index < -0.39 is 0 Å². The molecule has 5 heteroatoms. The molecule has 0 saturated carbocycles. The molecule has 1 heterocycles. The Morgan fingerprint density at radius 1 is 1.44 bits per heavy atom. The normalized spacial score (nSPS) is 10.6. The van der Waals surface area contributed by atoms with Gasteiger partial charge in [-0.05, 0) is 25.2 Å². The number of halogens is 1. The highest BCUT2D eigenvalue weighted by molar-refractivity contribution is 6.32. The number of amides is 1. The predicted molar refractivity (Wildman–Crippen MR) is 73.9 cm³/mol. The van der Waals surface area contributed by atoms with Crippen molar-refractivity contribution in [2.45, 2.75) is 6.42 Å². The molecule has 1 aromatic heterocycles. The van der Waals surface area contributed by atoms with Gasteiger partial charge in [-0.1, -0.05) is 17.7 Å². The van der Waals surface area contributed by atoms with Gasteiger partial charge in [-0.15, -0.1) is 0 Å². The number of nitrogens with one attached hydrogen (secondary N) is 2. The molecule has 0 bridgehead atoms. The smallest absolute Gasteiger partial charge is 0.225 e. The number of anilines is 1. The summed E-state index contributed by atoms with van der Waals surface area (Å²) in [6.07, 6.45) is 2.11. The van der Waals surface area contributed by atoms with Crippen molar-refractivity contribution in [2.75, 3.05) is 18.9 Å². The molecular weight excluding hydrogens is 250 g/mol. The average Bonchev–Trinajstić information content (AvgIpc) is 2.36. The number of hydrogen-bond acceptors (Lipinski definition) is 3. The first-order valence-corrected chi connectivity index (χ1v) is 6.07. The highest BCUT2D eigenvalue weighted by Crippen LogP contribution is 2.26. The summed E-state index contributed by atoms with van der Waals surface area (Å²) in [5, 5.41) is 7.26. The van der Waals surface area contributed by atoms with E-state index in [9.17, 15) is 4.79 Å². The monoisotopic (exact) mass is 263 g/mol. The summed E-state index contributed by atoms with van der Waals surface area (Å²) in [4.78, 5) is 16.0. The van der Waals surface area contributed by atoms with Crippen LogP contribution in [0.3, 0.4) is 0 Å². The number of carbonyl (C=O) groups excluding carboxylic acids is 1. The maximum Gasteiger partial charge on any atom is 0.225 e. The van der Waals surface area contributed by atoms with E-state index >= 15 is 0 Å². The molecule has 0 atom stereocenters. The van der Waals surface area contributed by atoms with Crippen LogP contribution in [0.5, 0.6) is 0 Å². The third kappa shape index (κ3) is 2.97. The van der Waals surface area contributed by atoms with Gasteiger partial charge in [-0.3, -0.25) is 9.78 Å². The minimum atomic E-state index is -0.0569. The Bertz CT molecular complexity index is 571. The number of aromatic nitrogens is 1. The first-order valence-electron chi connectivity index (χ1n) is 5.69. The standard InChI is InChI=1S/C13H14ClN3O/c1-15-6-4-12(18)17-11-8-10(14)7-9-3-2-5-16-13(9)11/h2-3,5,7-8,15H,4,6H2,1H3,(H,17,18). The van der Waals surface area contributed by atoms with Crippen LogP contribution in [0.25, 0.3) is 10.9 Å². The fourth-order valence-electron chi connectivity index (χ4n) is 1.70. The number of nitrogens with zero attached hydrogens (tertiary/aromatic N) is 1. The zero-order chi connectivity index (χ0) is 13.0. The van der Waals surface area contributed by atoms with E-state index in [0.29, 0.717) is 23.7 Å². The van der Waals surface area contributed by atoms with Crippen LogP contribution >= 0.6 is 11.6 Å². The van der Waals surface area contributed by atoms with Crippen molar-refractivity contribution in [1.29, 1.82) is 0 Å². The first kappa shape index (κ1) is 12.8. The fraction of sp³-hybridized carbons (Fsp3) is 0.231. The molecule has 1 aromatic carbocycles. The van der Waals surface area contributed by atoms with Gasteiger partial charge < -0.3 is 10.6 Å². The van der Waals surface area contributed by atoms with Crippen LogP contribution in [0.15, 0.2) is 30.5 Å².